The van der Waals surface area contributed by atoms with Crippen LogP contribution in [-0.4, -0.2) is 28.5 Å². The van der Waals surface area contributed by atoms with Gasteiger partial charge in [0, 0.05) is 12.7 Å². The SMILES string of the molecule is CC(CN)CNC(=O)Cn1cc(Br)c(=O)[nH]c1=O. The fourth-order valence-corrected chi connectivity index (χ4v) is 1.53. The maximum atomic E-state index is 11.6. The standard InChI is InChI=1S/C10H15BrN4O3/c1-6(2-12)3-13-8(16)5-15-4-7(11)9(17)14-10(15)18/h4,6H,2-3,5,12H2,1H3,(H,13,16)(H,14,17,18). The Morgan fingerprint density at radius 3 is 2.89 bits per heavy atom. The molecule has 0 fully saturated rings. The summed E-state index contributed by atoms with van der Waals surface area (Å²) in [6, 6.07) is 0. The minimum absolute atomic E-state index is 0.147. The van der Waals surface area contributed by atoms with Crippen molar-refractivity contribution in [1.82, 2.24) is 14.9 Å². The van der Waals surface area contributed by atoms with E-state index in [9.17, 15) is 14.4 Å². The van der Waals surface area contributed by atoms with Crippen LogP contribution in [0.5, 0.6) is 0 Å². The summed E-state index contributed by atoms with van der Waals surface area (Å²) in [5.41, 5.74) is 4.28. The van der Waals surface area contributed by atoms with Crippen molar-refractivity contribution in [2.24, 2.45) is 11.7 Å². The van der Waals surface area contributed by atoms with Gasteiger partial charge in [-0.15, -0.1) is 0 Å². The normalized spacial score (nSPS) is 12.2. The summed E-state index contributed by atoms with van der Waals surface area (Å²) in [7, 11) is 0. The van der Waals surface area contributed by atoms with Crippen LogP contribution in [0.2, 0.25) is 0 Å². The summed E-state index contributed by atoms with van der Waals surface area (Å²) < 4.78 is 1.32. The summed E-state index contributed by atoms with van der Waals surface area (Å²) >= 11 is 2.99. The summed E-state index contributed by atoms with van der Waals surface area (Å²) in [6.07, 6.45) is 1.28. The van der Waals surface area contributed by atoms with Crippen LogP contribution in [0.1, 0.15) is 6.92 Å². The Morgan fingerprint density at radius 1 is 1.61 bits per heavy atom. The van der Waals surface area contributed by atoms with Crippen molar-refractivity contribution in [3.05, 3.63) is 31.5 Å². The number of halogens is 1. The lowest BCUT2D eigenvalue weighted by Crippen LogP contribution is -2.38. The first-order valence-corrected chi connectivity index (χ1v) is 6.19. The molecule has 1 atom stereocenters. The van der Waals surface area contributed by atoms with E-state index in [1.54, 1.807) is 0 Å². The van der Waals surface area contributed by atoms with E-state index >= 15 is 0 Å². The van der Waals surface area contributed by atoms with E-state index in [0.717, 1.165) is 4.57 Å². The molecule has 100 valence electrons. The summed E-state index contributed by atoms with van der Waals surface area (Å²) in [6.45, 7) is 2.69. The van der Waals surface area contributed by atoms with Gasteiger partial charge in [-0.1, -0.05) is 6.92 Å². The quantitative estimate of drug-likeness (QED) is 0.647. The molecule has 0 aliphatic rings. The van der Waals surface area contributed by atoms with E-state index in [1.807, 2.05) is 6.92 Å². The van der Waals surface area contributed by atoms with Crippen molar-refractivity contribution in [2.45, 2.75) is 13.5 Å². The zero-order valence-corrected chi connectivity index (χ0v) is 11.5. The molecule has 4 N–H and O–H groups in total. The molecule has 0 bridgehead atoms. The zero-order chi connectivity index (χ0) is 13.7. The fraction of sp³-hybridized carbons (Fsp3) is 0.500. The van der Waals surface area contributed by atoms with Crippen LogP contribution in [0.15, 0.2) is 20.3 Å². The molecule has 7 nitrogen and oxygen atoms in total. The number of nitrogens with one attached hydrogen (secondary N) is 2. The van der Waals surface area contributed by atoms with Crippen LogP contribution < -0.4 is 22.3 Å². The van der Waals surface area contributed by atoms with Gasteiger partial charge in [-0.05, 0) is 28.4 Å². The lowest BCUT2D eigenvalue weighted by molar-refractivity contribution is -0.121. The highest BCUT2D eigenvalue weighted by atomic mass is 79.9. The number of nitrogens with zero attached hydrogens (tertiary/aromatic N) is 1. The van der Waals surface area contributed by atoms with Crippen molar-refractivity contribution in [3.8, 4) is 0 Å². The number of H-pyrrole nitrogens is 1. The number of aromatic nitrogens is 2. The van der Waals surface area contributed by atoms with Crippen molar-refractivity contribution < 1.29 is 4.79 Å². The molecule has 0 spiro atoms. The van der Waals surface area contributed by atoms with Crippen molar-refractivity contribution >= 4 is 21.8 Å². The molecule has 1 aromatic rings. The minimum atomic E-state index is -0.620. The molecule has 18 heavy (non-hydrogen) atoms. The molecule has 1 amide bonds. The van der Waals surface area contributed by atoms with Crippen molar-refractivity contribution in [3.63, 3.8) is 0 Å². The third-order valence-electron chi connectivity index (χ3n) is 2.33. The second-order valence-corrected chi connectivity index (χ2v) is 4.86. The maximum Gasteiger partial charge on any atom is 0.328 e. The number of aromatic amines is 1. The first-order valence-electron chi connectivity index (χ1n) is 5.40. The molecule has 0 saturated carbocycles. The molecule has 1 aromatic heterocycles. The second-order valence-electron chi connectivity index (χ2n) is 4.01. The van der Waals surface area contributed by atoms with E-state index in [2.05, 4.69) is 26.2 Å². The van der Waals surface area contributed by atoms with Crippen molar-refractivity contribution in [1.29, 1.82) is 0 Å². The summed E-state index contributed by atoms with van der Waals surface area (Å²) in [5.74, 6) is -0.135. The second kappa shape index (κ2) is 6.50. The molecule has 1 heterocycles. The van der Waals surface area contributed by atoms with E-state index in [0.29, 0.717) is 13.1 Å². The van der Waals surface area contributed by atoms with Crippen molar-refractivity contribution in [2.75, 3.05) is 13.1 Å². The Kier molecular flexibility index (Phi) is 5.29. The van der Waals surface area contributed by atoms with Crippen LogP contribution in [0.4, 0.5) is 0 Å². The Labute approximate surface area is 112 Å². The zero-order valence-electron chi connectivity index (χ0n) is 9.90. The molecule has 0 saturated heterocycles. The summed E-state index contributed by atoms with van der Waals surface area (Å²) in [4.78, 5) is 36.2. The van der Waals surface area contributed by atoms with Gasteiger partial charge in [-0.25, -0.2) is 4.79 Å². The molecule has 8 heteroatoms. The lowest BCUT2D eigenvalue weighted by Gasteiger charge is -2.10. The average Bonchev–Trinajstić information content (AvgIpc) is 2.33. The number of carbonyl (C=O) groups is 1. The first-order chi connectivity index (χ1) is 8.43. The summed E-state index contributed by atoms with van der Waals surface area (Å²) in [5, 5.41) is 2.66. The molecule has 1 unspecified atom stereocenters. The van der Waals surface area contributed by atoms with E-state index in [-0.39, 0.29) is 22.8 Å². The maximum absolute atomic E-state index is 11.6. The first kappa shape index (κ1) is 14.7. The molecule has 0 aliphatic carbocycles. The number of amides is 1. The van der Waals surface area contributed by atoms with Gasteiger partial charge in [0.2, 0.25) is 5.91 Å². The van der Waals surface area contributed by atoms with Crippen LogP contribution in [-0.2, 0) is 11.3 Å². The number of nitrogens with two attached hydrogens (primary N) is 1. The van der Waals surface area contributed by atoms with Gasteiger partial charge < -0.3 is 11.1 Å². The molecular formula is C10H15BrN4O3. The average molecular weight is 319 g/mol. The number of hydrogen-bond acceptors (Lipinski definition) is 4. The predicted molar refractivity (Wildman–Crippen MR) is 70.3 cm³/mol. The molecule has 0 aromatic carbocycles. The predicted octanol–water partition coefficient (Wildman–Crippen LogP) is -0.990. The van der Waals surface area contributed by atoms with Gasteiger partial charge >= 0.3 is 5.69 Å². The Morgan fingerprint density at radius 2 is 2.28 bits per heavy atom. The third-order valence-corrected chi connectivity index (χ3v) is 2.90. The van der Waals surface area contributed by atoms with E-state index in [1.165, 1.54) is 6.20 Å². The van der Waals surface area contributed by atoms with Crippen LogP contribution in [0, 0.1) is 5.92 Å². The fourth-order valence-electron chi connectivity index (χ4n) is 1.18. The monoisotopic (exact) mass is 318 g/mol. The van der Waals surface area contributed by atoms with Gasteiger partial charge in [0.15, 0.2) is 0 Å². The Balaban J connectivity index is 2.68. The highest BCUT2D eigenvalue weighted by Gasteiger charge is 2.08. The van der Waals surface area contributed by atoms with Gasteiger partial charge in [0.05, 0.1) is 4.47 Å². The highest BCUT2D eigenvalue weighted by Crippen LogP contribution is 1.97. The molecule has 1 rings (SSSR count). The smallest absolute Gasteiger partial charge is 0.328 e. The molecule has 0 radical (unpaired) electrons. The highest BCUT2D eigenvalue weighted by molar-refractivity contribution is 9.10. The van der Waals surface area contributed by atoms with Crippen LogP contribution in [0.25, 0.3) is 0 Å². The molecular weight excluding hydrogens is 304 g/mol. The van der Waals surface area contributed by atoms with Gasteiger partial charge in [0.1, 0.15) is 6.54 Å². The van der Waals surface area contributed by atoms with Crippen LogP contribution >= 0.6 is 15.9 Å². The Bertz CT molecular complexity index is 537. The minimum Gasteiger partial charge on any atom is -0.354 e. The number of carbonyl (C=O) groups excluding carboxylic acids is 1. The van der Waals surface area contributed by atoms with E-state index < -0.39 is 11.2 Å². The Hall–Kier alpha value is -1.41. The molecule has 0 aliphatic heterocycles. The largest absolute Gasteiger partial charge is 0.354 e. The van der Waals surface area contributed by atoms with E-state index in [4.69, 9.17) is 5.73 Å². The lowest BCUT2D eigenvalue weighted by atomic mass is 10.2. The number of hydrogen-bond donors (Lipinski definition) is 3. The number of rotatable bonds is 5. The topological polar surface area (TPSA) is 110 Å². The van der Waals surface area contributed by atoms with Gasteiger partial charge in [0.25, 0.3) is 5.56 Å². The van der Waals surface area contributed by atoms with Gasteiger partial charge in [-0.2, -0.15) is 0 Å². The van der Waals surface area contributed by atoms with Crippen LogP contribution in [0.3, 0.4) is 0 Å². The van der Waals surface area contributed by atoms with Gasteiger partial charge in [-0.3, -0.25) is 19.1 Å². The third kappa shape index (κ3) is 4.11.